The highest BCUT2D eigenvalue weighted by molar-refractivity contribution is 7.98. The average Bonchev–Trinajstić information content (AvgIpc) is 3.13. The second-order valence-corrected chi connectivity index (χ2v) is 6.70. The Balaban J connectivity index is 1.99. The summed E-state index contributed by atoms with van der Waals surface area (Å²) in [5.74, 6) is 1.95. The number of hydrogen-bond acceptors (Lipinski definition) is 3. The van der Waals surface area contributed by atoms with Gasteiger partial charge in [0.15, 0.2) is 5.96 Å². The zero-order chi connectivity index (χ0) is 17.2. The first kappa shape index (κ1) is 18.7. The zero-order valence-corrected chi connectivity index (χ0v) is 15.6. The minimum absolute atomic E-state index is 0.0713. The highest BCUT2D eigenvalue weighted by Gasteiger charge is 2.14. The lowest BCUT2D eigenvalue weighted by molar-refractivity contribution is 0.510. The van der Waals surface area contributed by atoms with Crippen LogP contribution in [0.1, 0.15) is 18.0 Å². The predicted molar refractivity (Wildman–Crippen MR) is 104 cm³/mol. The number of hydrogen-bond donors (Lipinski definition) is 2. The molecule has 0 saturated heterocycles. The lowest BCUT2D eigenvalue weighted by atomic mass is 10.1. The van der Waals surface area contributed by atoms with Crippen molar-refractivity contribution in [2.24, 2.45) is 4.99 Å². The summed E-state index contributed by atoms with van der Waals surface area (Å²) in [4.78, 5) is 4.28. The van der Waals surface area contributed by atoms with Gasteiger partial charge in [0.25, 0.3) is 0 Å². The number of halogens is 1. The van der Waals surface area contributed by atoms with Crippen LogP contribution in [0.2, 0.25) is 5.02 Å². The van der Waals surface area contributed by atoms with Crippen LogP contribution in [-0.4, -0.2) is 47.9 Å². The molecule has 1 atom stereocenters. The van der Waals surface area contributed by atoms with Gasteiger partial charge in [0, 0.05) is 37.6 Å². The van der Waals surface area contributed by atoms with Crippen molar-refractivity contribution in [1.82, 2.24) is 20.4 Å². The van der Waals surface area contributed by atoms with Gasteiger partial charge < -0.3 is 10.6 Å². The molecule has 0 fully saturated rings. The molecule has 0 aliphatic carbocycles. The first-order valence-corrected chi connectivity index (χ1v) is 9.70. The quantitative estimate of drug-likeness (QED) is 0.429. The largest absolute Gasteiger partial charge is 0.356 e. The highest BCUT2D eigenvalue weighted by Crippen LogP contribution is 2.19. The Morgan fingerprint density at radius 2 is 2.12 bits per heavy atom. The van der Waals surface area contributed by atoms with Crippen LogP contribution in [0.4, 0.5) is 0 Å². The van der Waals surface area contributed by atoms with Crippen LogP contribution in [0.15, 0.2) is 47.7 Å². The van der Waals surface area contributed by atoms with Gasteiger partial charge in [-0.15, -0.1) is 0 Å². The molecule has 0 amide bonds. The molecule has 5 nitrogen and oxygen atoms in total. The molecule has 1 aromatic heterocycles. The molecule has 0 aliphatic heterocycles. The SMILES string of the molecule is CN=C(NCCCSC)NCC(c1ccc(Cl)cc1)n1cccn1. The van der Waals surface area contributed by atoms with Crippen molar-refractivity contribution in [1.29, 1.82) is 0 Å². The molecular weight excluding hydrogens is 342 g/mol. The standard InChI is InChI=1S/C17H24ClN5S/c1-19-17(20-9-4-12-24-2)21-13-16(23-11-3-10-22-23)14-5-7-15(18)8-6-14/h3,5-8,10-11,16H,4,9,12-13H2,1-2H3,(H2,19,20,21). The molecule has 1 heterocycles. The third-order valence-electron chi connectivity index (χ3n) is 3.60. The Morgan fingerprint density at radius 1 is 1.33 bits per heavy atom. The number of benzene rings is 1. The van der Waals surface area contributed by atoms with Crippen molar-refractivity contribution in [2.45, 2.75) is 12.5 Å². The third kappa shape index (κ3) is 5.76. The average molecular weight is 366 g/mol. The molecule has 130 valence electrons. The Kier molecular flexibility index (Phi) is 7.98. The fourth-order valence-electron chi connectivity index (χ4n) is 2.35. The Labute approximate surface area is 152 Å². The maximum atomic E-state index is 6.01. The molecule has 2 rings (SSSR count). The molecule has 0 saturated carbocycles. The second-order valence-electron chi connectivity index (χ2n) is 5.28. The maximum absolute atomic E-state index is 6.01. The van der Waals surface area contributed by atoms with Gasteiger partial charge >= 0.3 is 0 Å². The summed E-state index contributed by atoms with van der Waals surface area (Å²) in [6.07, 6.45) is 6.99. The first-order chi connectivity index (χ1) is 11.7. The lowest BCUT2D eigenvalue weighted by Gasteiger charge is -2.20. The van der Waals surface area contributed by atoms with E-state index in [-0.39, 0.29) is 6.04 Å². The van der Waals surface area contributed by atoms with E-state index in [1.54, 1.807) is 13.2 Å². The van der Waals surface area contributed by atoms with E-state index in [4.69, 9.17) is 11.6 Å². The smallest absolute Gasteiger partial charge is 0.191 e. The van der Waals surface area contributed by atoms with Crippen LogP contribution in [0.5, 0.6) is 0 Å². The summed E-state index contributed by atoms with van der Waals surface area (Å²) in [7, 11) is 1.79. The molecule has 0 bridgehead atoms. The number of guanidine groups is 1. The van der Waals surface area contributed by atoms with E-state index in [0.29, 0.717) is 6.54 Å². The molecule has 24 heavy (non-hydrogen) atoms. The molecule has 2 aromatic rings. The van der Waals surface area contributed by atoms with E-state index in [2.05, 4.69) is 27.0 Å². The number of nitrogens with zero attached hydrogens (tertiary/aromatic N) is 3. The van der Waals surface area contributed by atoms with E-state index in [0.717, 1.165) is 35.3 Å². The maximum Gasteiger partial charge on any atom is 0.191 e. The Bertz CT molecular complexity index is 612. The molecular formula is C17H24ClN5S. The van der Waals surface area contributed by atoms with Gasteiger partial charge in [-0.25, -0.2) is 0 Å². The van der Waals surface area contributed by atoms with Gasteiger partial charge in [-0.1, -0.05) is 23.7 Å². The van der Waals surface area contributed by atoms with Crippen molar-refractivity contribution < 1.29 is 0 Å². The van der Waals surface area contributed by atoms with E-state index in [1.165, 1.54) is 0 Å². The van der Waals surface area contributed by atoms with Crippen LogP contribution < -0.4 is 10.6 Å². The van der Waals surface area contributed by atoms with E-state index >= 15 is 0 Å². The van der Waals surface area contributed by atoms with E-state index in [1.807, 2.05) is 53.0 Å². The van der Waals surface area contributed by atoms with Gasteiger partial charge in [0.1, 0.15) is 0 Å². The van der Waals surface area contributed by atoms with Gasteiger partial charge in [-0.05, 0) is 42.2 Å². The van der Waals surface area contributed by atoms with Crippen molar-refractivity contribution in [3.63, 3.8) is 0 Å². The van der Waals surface area contributed by atoms with Crippen molar-refractivity contribution >= 4 is 29.3 Å². The molecule has 1 aromatic carbocycles. The van der Waals surface area contributed by atoms with Gasteiger partial charge in [0.05, 0.1) is 6.04 Å². The normalized spacial score (nSPS) is 12.9. The van der Waals surface area contributed by atoms with Crippen LogP contribution in [-0.2, 0) is 0 Å². The monoisotopic (exact) mass is 365 g/mol. The van der Waals surface area contributed by atoms with E-state index < -0.39 is 0 Å². The number of nitrogens with one attached hydrogen (secondary N) is 2. The van der Waals surface area contributed by atoms with Crippen molar-refractivity contribution in [3.05, 3.63) is 53.3 Å². The summed E-state index contributed by atoms with van der Waals surface area (Å²) < 4.78 is 1.94. The van der Waals surface area contributed by atoms with Gasteiger partial charge in [-0.3, -0.25) is 9.67 Å². The molecule has 7 heteroatoms. The summed E-state index contributed by atoms with van der Waals surface area (Å²) >= 11 is 7.86. The minimum Gasteiger partial charge on any atom is -0.356 e. The van der Waals surface area contributed by atoms with Crippen molar-refractivity contribution in [3.8, 4) is 0 Å². The first-order valence-electron chi connectivity index (χ1n) is 7.92. The molecule has 1 unspecified atom stereocenters. The predicted octanol–water partition coefficient (Wildman–Crippen LogP) is 3.04. The summed E-state index contributed by atoms with van der Waals surface area (Å²) in [5, 5.41) is 11.8. The van der Waals surface area contributed by atoms with Crippen LogP contribution in [0.25, 0.3) is 0 Å². The van der Waals surface area contributed by atoms with E-state index in [9.17, 15) is 0 Å². The topological polar surface area (TPSA) is 54.2 Å². The Hall–Kier alpha value is -1.66. The van der Waals surface area contributed by atoms with Crippen LogP contribution >= 0.6 is 23.4 Å². The third-order valence-corrected chi connectivity index (χ3v) is 4.55. The Morgan fingerprint density at radius 3 is 2.75 bits per heavy atom. The summed E-state index contributed by atoms with van der Waals surface area (Å²) in [6, 6.07) is 9.88. The lowest BCUT2D eigenvalue weighted by Crippen LogP contribution is -2.41. The van der Waals surface area contributed by atoms with Gasteiger partial charge in [0.2, 0.25) is 0 Å². The second kappa shape index (κ2) is 10.3. The summed E-state index contributed by atoms with van der Waals surface area (Å²) in [6.45, 7) is 1.60. The fraction of sp³-hybridized carbons (Fsp3) is 0.412. The van der Waals surface area contributed by atoms with Crippen LogP contribution in [0, 0.1) is 0 Å². The number of thioether (sulfide) groups is 1. The summed E-state index contributed by atoms with van der Waals surface area (Å²) in [5.41, 5.74) is 1.15. The number of aromatic nitrogens is 2. The highest BCUT2D eigenvalue weighted by atomic mass is 35.5. The minimum atomic E-state index is 0.0713. The van der Waals surface area contributed by atoms with Gasteiger partial charge in [-0.2, -0.15) is 16.9 Å². The molecule has 2 N–H and O–H groups in total. The molecule has 0 spiro atoms. The zero-order valence-electron chi connectivity index (χ0n) is 14.1. The fourth-order valence-corrected chi connectivity index (χ4v) is 2.91. The number of rotatable bonds is 8. The molecule has 0 radical (unpaired) electrons. The van der Waals surface area contributed by atoms with Crippen LogP contribution in [0.3, 0.4) is 0 Å². The van der Waals surface area contributed by atoms with Crippen molar-refractivity contribution in [2.75, 3.05) is 32.1 Å². The number of aliphatic imine (C=N–C) groups is 1. The molecule has 0 aliphatic rings.